The van der Waals surface area contributed by atoms with E-state index in [1.54, 1.807) is 0 Å². The number of halogens is 5. The van der Waals surface area contributed by atoms with Crippen LogP contribution in [0.3, 0.4) is 0 Å². The van der Waals surface area contributed by atoms with Crippen LogP contribution in [-0.2, 0) is 16.0 Å². The van der Waals surface area contributed by atoms with Crippen molar-refractivity contribution in [1.82, 2.24) is 0 Å². The van der Waals surface area contributed by atoms with Gasteiger partial charge in [0.2, 0.25) is 0 Å². The van der Waals surface area contributed by atoms with Crippen molar-refractivity contribution in [3.63, 3.8) is 0 Å². The Balaban J connectivity index is 3.33. The molecule has 0 aliphatic heterocycles. The smallest absolute Gasteiger partial charge is 0.466 e. The van der Waals surface area contributed by atoms with E-state index in [0.717, 1.165) is 6.07 Å². The molecule has 0 saturated carbocycles. The third-order valence-corrected chi connectivity index (χ3v) is 2.34. The standard InChI is InChI=1S/C13H10F5NO4/c1-2-21-10(20)5-7-3-9(22-12(14)15)4-8(6-19)11(7)23-13(16,17)18/h3-4,12H,2,5H2,1H3. The fourth-order valence-corrected chi connectivity index (χ4v) is 1.65. The third kappa shape index (κ3) is 5.98. The van der Waals surface area contributed by atoms with Gasteiger partial charge in [0.15, 0.2) is 5.75 Å². The molecule has 0 saturated heterocycles. The normalized spacial score (nSPS) is 11.0. The van der Waals surface area contributed by atoms with Crippen LogP contribution in [0.4, 0.5) is 22.0 Å². The number of hydrogen-bond acceptors (Lipinski definition) is 5. The average molecular weight is 339 g/mol. The highest BCUT2D eigenvalue weighted by Crippen LogP contribution is 2.34. The van der Waals surface area contributed by atoms with Gasteiger partial charge in [0, 0.05) is 11.6 Å². The number of benzene rings is 1. The van der Waals surface area contributed by atoms with Gasteiger partial charge in [-0.2, -0.15) is 14.0 Å². The highest BCUT2D eigenvalue weighted by molar-refractivity contribution is 5.74. The Morgan fingerprint density at radius 3 is 2.48 bits per heavy atom. The number of nitriles is 1. The molecule has 0 heterocycles. The fourth-order valence-electron chi connectivity index (χ4n) is 1.65. The molecule has 1 aromatic carbocycles. The van der Waals surface area contributed by atoms with Crippen molar-refractivity contribution in [3.8, 4) is 17.6 Å². The van der Waals surface area contributed by atoms with Crippen LogP contribution < -0.4 is 9.47 Å². The first kappa shape index (κ1) is 18.5. The summed E-state index contributed by atoms with van der Waals surface area (Å²) in [6, 6.07) is 2.79. The molecule has 0 aliphatic carbocycles. The van der Waals surface area contributed by atoms with E-state index in [4.69, 9.17) is 5.26 Å². The third-order valence-electron chi connectivity index (χ3n) is 2.34. The van der Waals surface area contributed by atoms with E-state index < -0.39 is 48.0 Å². The summed E-state index contributed by atoms with van der Waals surface area (Å²) >= 11 is 0. The van der Waals surface area contributed by atoms with Crippen molar-refractivity contribution >= 4 is 5.97 Å². The molecule has 0 fully saturated rings. The molecule has 126 valence electrons. The summed E-state index contributed by atoms with van der Waals surface area (Å²) in [6.07, 6.45) is -5.85. The number of hydrogen-bond donors (Lipinski definition) is 0. The largest absolute Gasteiger partial charge is 0.573 e. The van der Waals surface area contributed by atoms with E-state index in [-0.39, 0.29) is 6.61 Å². The predicted octanol–water partition coefficient (Wildman–Crippen LogP) is 3.16. The van der Waals surface area contributed by atoms with E-state index >= 15 is 0 Å². The Morgan fingerprint density at radius 2 is 2.00 bits per heavy atom. The SMILES string of the molecule is CCOC(=O)Cc1cc(OC(F)F)cc(C#N)c1OC(F)(F)F. The summed E-state index contributed by atoms with van der Waals surface area (Å²) in [5, 5.41) is 8.88. The van der Waals surface area contributed by atoms with Gasteiger partial charge >= 0.3 is 18.9 Å². The van der Waals surface area contributed by atoms with E-state index in [1.165, 1.54) is 13.0 Å². The molecule has 0 atom stereocenters. The number of alkyl halides is 5. The minimum absolute atomic E-state index is 0.0351. The summed E-state index contributed by atoms with van der Waals surface area (Å²) in [7, 11) is 0. The fraction of sp³-hybridized carbons (Fsp3) is 0.385. The predicted molar refractivity (Wildman–Crippen MR) is 64.8 cm³/mol. The van der Waals surface area contributed by atoms with Gasteiger partial charge in [0.1, 0.15) is 11.8 Å². The van der Waals surface area contributed by atoms with Gasteiger partial charge in [-0.15, -0.1) is 13.2 Å². The molecular weight excluding hydrogens is 329 g/mol. The second-order valence-corrected chi connectivity index (χ2v) is 3.98. The molecule has 0 radical (unpaired) electrons. The van der Waals surface area contributed by atoms with Crippen LogP contribution in [0.5, 0.6) is 11.5 Å². The van der Waals surface area contributed by atoms with Crippen LogP contribution >= 0.6 is 0 Å². The summed E-state index contributed by atoms with van der Waals surface area (Å²) in [4.78, 5) is 11.4. The lowest BCUT2D eigenvalue weighted by atomic mass is 10.1. The zero-order valence-corrected chi connectivity index (χ0v) is 11.6. The van der Waals surface area contributed by atoms with Crippen molar-refractivity contribution in [1.29, 1.82) is 5.26 Å². The molecule has 5 nitrogen and oxygen atoms in total. The zero-order valence-electron chi connectivity index (χ0n) is 11.6. The molecule has 0 N–H and O–H groups in total. The molecule has 1 rings (SSSR count). The Morgan fingerprint density at radius 1 is 1.35 bits per heavy atom. The molecule has 1 aromatic rings. The lowest BCUT2D eigenvalue weighted by molar-refractivity contribution is -0.275. The lowest BCUT2D eigenvalue weighted by Gasteiger charge is -2.16. The van der Waals surface area contributed by atoms with Crippen molar-refractivity contribution in [3.05, 3.63) is 23.3 Å². The van der Waals surface area contributed by atoms with Crippen molar-refractivity contribution in [2.45, 2.75) is 26.3 Å². The number of nitrogens with zero attached hydrogens (tertiary/aromatic N) is 1. The maximum atomic E-state index is 12.4. The van der Waals surface area contributed by atoms with Crippen LogP contribution in [0.15, 0.2) is 12.1 Å². The van der Waals surface area contributed by atoms with Crippen LogP contribution in [0.1, 0.15) is 18.1 Å². The van der Waals surface area contributed by atoms with Crippen LogP contribution in [0.25, 0.3) is 0 Å². The topological polar surface area (TPSA) is 68.5 Å². The molecule has 0 aromatic heterocycles. The van der Waals surface area contributed by atoms with Gasteiger partial charge < -0.3 is 14.2 Å². The van der Waals surface area contributed by atoms with E-state index in [0.29, 0.717) is 6.07 Å². The van der Waals surface area contributed by atoms with E-state index in [2.05, 4.69) is 14.2 Å². The Labute approximate surface area is 127 Å². The van der Waals surface area contributed by atoms with Gasteiger partial charge in [-0.05, 0) is 13.0 Å². The Hall–Kier alpha value is -2.57. The Kier molecular flexibility index (Phi) is 6.12. The number of carbonyl (C=O) groups excluding carboxylic acids is 1. The minimum Gasteiger partial charge on any atom is -0.466 e. The number of carbonyl (C=O) groups is 1. The zero-order chi connectivity index (χ0) is 17.6. The van der Waals surface area contributed by atoms with Gasteiger partial charge in [0.25, 0.3) is 0 Å². The van der Waals surface area contributed by atoms with Crippen molar-refractivity contribution in [2.24, 2.45) is 0 Å². The molecule has 0 aliphatic rings. The number of esters is 1. The Bertz CT molecular complexity index is 610. The molecule has 0 spiro atoms. The second-order valence-electron chi connectivity index (χ2n) is 3.98. The summed E-state index contributed by atoms with van der Waals surface area (Å²) in [5.74, 6) is -2.46. The van der Waals surface area contributed by atoms with Gasteiger partial charge in [-0.3, -0.25) is 4.79 Å². The van der Waals surface area contributed by atoms with Crippen molar-refractivity contribution < 1.29 is 41.0 Å². The van der Waals surface area contributed by atoms with Gasteiger partial charge in [-0.25, -0.2) is 0 Å². The highest BCUT2D eigenvalue weighted by Gasteiger charge is 2.34. The maximum absolute atomic E-state index is 12.4. The maximum Gasteiger partial charge on any atom is 0.573 e. The first-order chi connectivity index (χ1) is 10.7. The molecule has 0 unspecified atom stereocenters. The quantitative estimate of drug-likeness (QED) is 0.588. The highest BCUT2D eigenvalue weighted by atomic mass is 19.4. The summed E-state index contributed by atoms with van der Waals surface area (Å²) < 4.78 is 74.1. The van der Waals surface area contributed by atoms with Crippen LogP contribution in [0.2, 0.25) is 0 Å². The van der Waals surface area contributed by atoms with Gasteiger partial charge in [-0.1, -0.05) is 0 Å². The number of rotatable bonds is 6. The average Bonchev–Trinajstić information content (AvgIpc) is 2.39. The lowest BCUT2D eigenvalue weighted by Crippen LogP contribution is -2.20. The van der Waals surface area contributed by atoms with E-state index in [9.17, 15) is 26.7 Å². The minimum atomic E-state index is -5.14. The molecule has 10 heteroatoms. The summed E-state index contributed by atoms with van der Waals surface area (Å²) in [6.45, 7) is -1.82. The second kappa shape index (κ2) is 7.62. The molecular formula is C13H10F5NO4. The van der Waals surface area contributed by atoms with Crippen molar-refractivity contribution in [2.75, 3.05) is 6.61 Å². The van der Waals surface area contributed by atoms with Gasteiger partial charge in [0.05, 0.1) is 18.6 Å². The first-order valence-electron chi connectivity index (χ1n) is 6.09. The molecule has 0 bridgehead atoms. The monoisotopic (exact) mass is 339 g/mol. The molecule has 23 heavy (non-hydrogen) atoms. The summed E-state index contributed by atoms with van der Waals surface area (Å²) in [5.41, 5.74) is -1.17. The molecule has 0 amide bonds. The van der Waals surface area contributed by atoms with Crippen LogP contribution in [0, 0.1) is 11.3 Å². The van der Waals surface area contributed by atoms with Crippen LogP contribution in [-0.4, -0.2) is 25.6 Å². The number of ether oxygens (including phenoxy) is 3. The van der Waals surface area contributed by atoms with E-state index in [1.807, 2.05) is 0 Å². The first-order valence-corrected chi connectivity index (χ1v) is 6.09.